The summed E-state index contributed by atoms with van der Waals surface area (Å²) < 4.78 is 5.12. The van der Waals surface area contributed by atoms with Crippen molar-refractivity contribution in [2.45, 2.75) is 39.0 Å². The molecular weight excluding hydrogens is 286 g/mol. The lowest BCUT2D eigenvalue weighted by Gasteiger charge is -2.15. The molecule has 0 radical (unpaired) electrons. The van der Waals surface area contributed by atoms with Gasteiger partial charge in [0, 0.05) is 18.8 Å². The van der Waals surface area contributed by atoms with Crippen molar-refractivity contribution in [3.8, 4) is 5.75 Å². The van der Waals surface area contributed by atoms with E-state index < -0.39 is 0 Å². The second-order valence-corrected chi connectivity index (χ2v) is 5.66. The van der Waals surface area contributed by atoms with Crippen molar-refractivity contribution in [1.29, 1.82) is 0 Å². The molecule has 0 saturated heterocycles. The van der Waals surface area contributed by atoms with Crippen LogP contribution in [0.2, 0.25) is 0 Å². The maximum absolute atomic E-state index is 11.9. The van der Waals surface area contributed by atoms with Crippen LogP contribution in [0, 0.1) is 5.92 Å². The van der Waals surface area contributed by atoms with E-state index in [1.165, 1.54) is 0 Å². The van der Waals surface area contributed by atoms with Crippen molar-refractivity contribution in [3.05, 3.63) is 29.8 Å². The molecule has 0 heterocycles. The van der Waals surface area contributed by atoms with Crippen molar-refractivity contribution in [2.24, 2.45) is 5.92 Å². The van der Waals surface area contributed by atoms with E-state index in [9.17, 15) is 4.79 Å². The van der Waals surface area contributed by atoms with Gasteiger partial charge in [-0.15, -0.1) is 11.6 Å². The molecule has 21 heavy (non-hydrogen) atoms. The number of hydrogen-bond donors (Lipinski definition) is 1. The van der Waals surface area contributed by atoms with Gasteiger partial charge in [0.15, 0.2) is 0 Å². The first-order valence-corrected chi connectivity index (χ1v) is 8.18. The number of aryl methyl sites for hydroxylation is 1. The third kappa shape index (κ3) is 7.37. The Morgan fingerprint density at radius 1 is 1.29 bits per heavy atom. The minimum absolute atomic E-state index is 0.112. The number of carbonyl (C=O) groups is 1. The Labute approximate surface area is 133 Å². The molecule has 1 aromatic rings. The molecule has 1 N–H and O–H groups in total. The number of rotatable bonds is 10. The Morgan fingerprint density at radius 3 is 2.57 bits per heavy atom. The summed E-state index contributed by atoms with van der Waals surface area (Å²) in [5.74, 6) is 2.11. The molecule has 1 aromatic carbocycles. The van der Waals surface area contributed by atoms with Crippen LogP contribution in [-0.2, 0) is 11.2 Å². The highest BCUT2D eigenvalue weighted by atomic mass is 35.5. The Balaban J connectivity index is 2.29. The highest BCUT2D eigenvalue weighted by Gasteiger charge is 2.09. The van der Waals surface area contributed by atoms with Gasteiger partial charge in [0.2, 0.25) is 5.91 Å². The Bertz CT molecular complexity index is 400. The smallest absolute Gasteiger partial charge is 0.220 e. The van der Waals surface area contributed by atoms with Gasteiger partial charge in [0.25, 0.3) is 0 Å². The molecule has 0 bridgehead atoms. The maximum Gasteiger partial charge on any atom is 0.220 e. The van der Waals surface area contributed by atoms with Gasteiger partial charge in [0.1, 0.15) is 5.75 Å². The van der Waals surface area contributed by atoms with E-state index in [0.717, 1.165) is 43.5 Å². The Hall–Kier alpha value is -1.22. The molecule has 1 unspecified atom stereocenters. The van der Waals surface area contributed by atoms with E-state index in [-0.39, 0.29) is 5.91 Å². The number of benzene rings is 1. The summed E-state index contributed by atoms with van der Waals surface area (Å²) in [6.07, 6.45) is 4.48. The second-order valence-electron chi connectivity index (χ2n) is 5.28. The molecule has 4 heteroatoms. The van der Waals surface area contributed by atoms with E-state index in [0.29, 0.717) is 18.2 Å². The third-order valence-corrected chi connectivity index (χ3v) is 3.82. The summed E-state index contributed by atoms with van der Waals surface area (Å²) in [4.78, 5) is 11.9. The first kappa shape index (κ1) is 17.8. The Morgan fingerprint density at radius 2 is 2.00 bits per heavy atom. The van der Waals surface area contributed by atoms with Crippen molar-refractivity contribution in [3.63, 3.8) is 0 Å². The second kappa shape index (κ2) is 10.5. The number of alkyl halides is 1. The van der Waals surface area contributed by atoms with Crippen molar-refractivity contribution in [2.75, 3.05) is 19.5 Å². The van der Waals surface area contributed by atoms with Gasteiger partial charge in [-0.2, -0.15) is 0 Å². The van der Waals surface area contributed by atoms with E-state index >= 15 is 0 Å². The van der Waals surface area contributed by atoms with Crippen LogP contribution in [0.4, 0.5) is 0 Å². The lowest BCUT2D eigenvalue weighted by atomic mass is 10.0. The van der Waals surface area contributed by atoms with Gasteiger partial charge in [-0.05, 0) is 42.9 Å². The molecule has 0 fully saturated rings. The van der Waals surface area contributed by atoms with Crippen molar-refractivity contribution in [1.82, 2.24) is 5.32 Å². The highest BCUT2D eigenvalue weighted by Crippen LogP contribution is 2.13. The molecule has 0 saturated carbocycles. The highest BCUT2D eigenvalue weighted by molar-refractivity contribution is 6.17. The molecule has 1 rings (SSSR count). The molecule has 1 atom stereocenters. The van der Waals surface area contributed by atoms with Crippen LogP contribution < -0.4 is 10.1 Å². The standard InChI is InChI=1S/C17H26ClNO2/c1-3-4-15(11-12-18)13-19-17(20)10-7-14-5-8-16(21-2)9-6-14/h5-6,8-9,15H,3-4,7,10-13H2,1-2H3,(H,19,20). The largest absolute Gasteiger partial charge is 0.497 e. The molecule has 0 aromatic heterocycles. The van der Waals surface area contributed by atoms with Crippen LogP contribution in [0.1, 0.15) is 38.2 Å². The quantitative estimate of drug-likeness (QED) is 0.668. The van der Waals surface area contributed by atoms with Crippen molar-refractivity contribution < 1.29 is 9.53 Å². The molecule has 0 aliphatic rings. The maximum atomic E-state index is 11.9. The fourth-order valence-corrected chi connectivity index (χ4v) is 2.62. The number of hydrogen-bond acceptors (Lipinski definition) is 2. The molecular formula is C17H26ClNO2. The minimum atomic E-state index is 0.112. The number of nitrogens with one attached hydrogen (secondary N) is 1. The van der Waals surface area contributed by atoms with Crippen LogP contribution >= 0.6 is 11.6 Å². The van der Waals surface area contributed by atoms with Crippen LogP contribution in [0.15, 0.2) is 24.3 Å². The molecule has 1 amide bonds. The van der Waals surface area contributed by atoms with Gasteiger partial charge in [-0.25, -0.2) is 0 Å². The molecule has 3 nitrogen and oxygen atoms in total. The molecule has 0 spiro atoms. The average molecular weight is 312 g/mol. The summed E-state index contributed by atoms with van der Waals surface area (Å²) in [6.45, 7) is 2.90. The fraction of sp³-hybridized carbons (Fsp3) is 0.588. The van der Waals surface area contributed by atoms with Crippen LogP contribution in [0.5, 0.6) is 5.75 Å². The van der Waals surface area contributed by atoms with E-state index in [1.54, 1.807) is 7.11 Å². The molecule has 118 valence electrons. The predicted octanol–water partition coefficient (Wildman–Crippen LogP) is 3.79. The minimum Gasteiger partial charge on any atom is -0.497 e. The molecule has 0 aliphatic heterocycles. The Kier molecular flexibility index (Phi) is 8.91. The first-order valence-electron chi connectivity index (χ1n) is 7.65. The summed E-state index contributed by atoms with van der Waals surface area (Å²) >= 11 is 5.79. The van der Waals surface area contributed by atoms with E-state index in [2.05, 4.69) is 12.2 Å². The summed E-state index contributed by atoms with van der Waals surface area (Å²) in [7, 11) is 1.65. The lowest BCUT2D eigenvalue weighted by molar-refractivity contribution is -0.121. The zero-order valence-electron chi connectivity index (χ0n) is 13.0. The SMILES string of the molecule is CCCC(CCCl)CNC(=O)CCc1ccc(OC)cc1. The number of amides is 1. The zero-order valence-corrected chi connectivity index (χ0v) is 13.8. The van der Waals surface area contributed by atoms with Crippen LogP contribution in [0.3, 0.4) is 0 Å². The number of ether oxygens (including phenoxy) is 1. The van der Waals surface area contributed by atoms with E-state index in [4.69, 9.17) is 16.3 Å². The topological polar surface area (TPSA) is 38.3 Å². The average Bonchev–Trinajstić information content (AvgIpc) is 2.51. The first-order chi connectivity index (χ1) is 10.2. The number of carbonyl (C=O) groups excluding carboxylic acids is 1. The predicted molar refractivity (Wildman–Crippen MR) is 88.1 cm³/mol. The van der Waals surface area contributed by atoms with Gasteiger partial charge in [-0.3, -0.25) is 4.79 Å². The normalized spacial score (nSPS) is 12.0. The fourth-order valence-electron chi connectivity index (χ4n) is 2.31. The van der Waals surface area contributed by atoms with Gasteiger partial charge in [-0.1, -0.05) is 25.5 Å². The molecule has 0 aliphatic carbocycles. The number of halogens is 1. The van der Waals surface area contributed by atoms with E-state index in [1.807, 2.05) is 24.3 Å². The third-order valence-electron chi connectivity index (χ3n) is 3.60. The van der Waals surface area contributed by atoms with Crippen LogP contribution in [-0.4, -0.2) is 25.4 Å². The van der Waals surface area contributed by atoms with Crippen LogP contribution in [0.25, 0.3) is 0 Å². The zero-order chi connectivity index (χ0) is 15.5. The summed E-state index contributed by atoms with van der Waals surface area (Å²) in [5, 5.41) is 3.02. The van der Waals surface area contributed by atoms with Gasteiger partial charge >= 0.3 is 0 Å². The summed E-state index contributed by atoms with van der Waals surface area (Å²) in [5.41, 5.74) is 1.15. The summed E-state index contributed by atoms with van der Waals surface area (Å²) in [6, 6.07) is 7.84. The van der Waals surface area contributed by atoms with Gasteiger partial charge < -0.3 is 10.1 Å². The van der Waals surface area contributed by atoms with Crippen molar-refractivity contribution >= 4 is 17.5 Å². The monoisotopic (exact) mass is 311 g/mol. The van der Waals surface area contributed by atoms with Gasteiger partial charge in [0.05, 0.1) is 7.11 Å². The number of methoxy groups -OCH3 is 1. The lowest BCUT2D eigenvalue weighted by Crippen LogP contribution is -2.29.